The second kappa shape index (κ2) is 8.24. The number of hydrogen-bond donors (Lipinski definition) is 1. The number of benzene rings is 1. The maximum atomic E-state index is 11.9. The highest BCUT2D eigenvalue weighted by molar-refractivity contribution is 7.17. The van der Waals surface area contributed by atoms with Crippen LogP contribution in [0.15, 0.2) is 48.9 Å². The van der Waals surface area contributed by atoms with Crippen LogP contribution in [0.2, 0.25) is 0 Å². The molecule has 0 radical (unpaired) electrons. The minimum absolute atomic E-state index is 0.0791. The minimum Gasteiger partial charge on any atom is -0.381 e. The van der Waals surface area contributed by atoms with Crippen LogP contribution in [0.25, 0.3) is 27.2 Å². The number of hydrogen-bond acceptors (Lipinski definition) is 6. The third kappa shape index (κ3) is 3.86. The number of ether oxygens (including phenoxy) is 1. The smallest absolute Gasteiger partial charge is 0.169 e. The SMILES string of the molecule is CC(=O)c1ccc(-c2cn(-c3cccc(C)c3)c3ncnc(NC4CCOCC4)c23)s1. The largest absolute Gasteiger partial charge is 0.381 e. The fraction of sp³-hybridized carbons (Fsp3) is 0.292. The Kier molecular flexibility index (Phi) is 5.29. The summed E-state index contributed by atoms with van der Waals surface area (Å²) in [5.41, 5.74) is 4.12. The lowest BCUT2D eigenvalue weighted by atomic mass is 10.1. The maximum absolute atomic E-state index is 11.9. The fourth-order valence-corrected chi connectivity index (χ4v) is 4.96. The number of rotatable bonds is 5. The standard InChI is InChI=1S/C24H24N4O2S/c1-15-4-3-5-18(12-15)28-13-19(21-7-6-20(31-21)16(2)29)22-23(25-14-26-24(22)28)27-17-8-10-30-11-9-17/h3-7,12-14,17H,8-11H2,1-2H3,(H,25,26,27). The third-order valence-corrected chi connectivity index (χ3v) is 6.86. The van der Waals surface area contributed by atoms with Crippen LogP contribution in [0.4, 0.5) is 5.82 Å². The van der Waals surface area contributed by atoms with Gasteiger partial charge < -0.3 is 14.6 Å². The lowest BCUT2D eigenvalue weighted by Crippen LogP contribution is -2.28. The summed E-state index contributed by atoms with van der Waals surface area (Å²) in [6.45, 7) is 5.21. The Balaban J connectivity index is 1.70. The Morgan fingerprint density at radius 1 is 1.19 bits per heavy atom. The molecular weight excluding hydrogens is 408 g/mol. The molecule has 0 unspecified atom stereocenters. The van der Waals surface area contributed by atoms with Crippen molar-refractivity contribution in [1.29, 1.82) is 0 Å². The highest BCUT2D eigenvalue weighted by atomic mass is 32.1. The zero-order chi connectivity index (χ0) is 21.4. The van der Waals surface area contributed by atoms with Gasteiger partial charge in [0.15, 0.2) is 11.4 Å². The van der Waals surface area contributed by atoms with Gasteiger partial charge in [-0.1, -0.05) is 12.1 Å². The highest BCUT2D eigenvalue weighted by Gasteiger charge is 2.22. The van der Waals surface area contributed by atoms with Crippen molar-refractivity contribution in [3.8, 4) is 16.1 Å². The summed E-state index contributed by atoms with van der Waals surface area (Å²) in [5.74, 6) is 0.909. The Bertz CT molecular complexity index is 1250. The molecule has 3 aromatic heterocycles. The Morgan fingerprint density at radius 2 is 2.03 bits per heavy atom. The number of carbonyl (C=O) groups excluding carboxylic acids is 1. The van der Waals surface area contributed by atoms with Crippen molar-refractivity contribution in [2.75, 3.05) is 18.5 Å². The molecule has 31 heavy (non-hydrogen) atoms. The summed E-state index contributed by atoms with van der Waals surface area (Å²) >= 11 is 1.51. The molecule has 0 bridgehead atoms. The van der Waals surface area contributed by atoms with E-state index in [-0.39, 0.29) is 5.78 Å². The van der Waals surface area contributed by atoms with Crippen molar-refractivity contribution in [2.24, 2.45) is 0 Å². The van der Waals surface area contributed by atoms with Crippen LogP contribution >= 0.6 is 11.3 Å². The van der Waals surface area contributed by atoms with Crippen LogP contribution in [0.3, 0.4) is 0 Å². The molecule has 1 fully saturated rings. The van der Waals surface area contributed by atoms with Crippen LogP contribution in [0.5, 0.6) is 0 Å². The topological polar surface area (TPSA) is 69.0 Å². The average Bonchev–Trinajstić information content (AvgIpc) is 3.40. The van der Waals surface area contributed by atoms with Gasteiger partial charge in [0.2, 0.25) is 0 Å². The Labute approximate surface area is 184 Å². The summed E-state index contributed by atoms with van der Waals surface area (Å²) in [6, 6.07) is 12.6. The van der Waals surface area contributed by atoms with Gasteiger partial charge in [0.1, 0.15) is 12.1 Å². The second-order valence-electron chi connectivity index (χ2n) is 7.92. The van der Waals surface area contributed by atoms with E-state index in [1.807, 2.05) is 12.1 Å². The van der Waals surface area contributed by atoms with E-state index in [0.29, 0.717) is 6.04 Å². The van der Waals surface area contributed by atoms with Crippen LogP contribution in [0, 0.1) is 6.92 Å². The van der Waals surface area contributed by atoms with Crippen LogP contribution in [-0.2, 0) is 4.74 Å². The molecule has 0 atom stereocenters. The van der Waals surface area contributed by atoms with Gasteiger partial charge in [-0.15, -0.1) is 11.3 Å². The number of nitrogens with one attached hydrogen (secondary N) is 1. The number of ketones is 1. The van der Waals surface area contributed by atoms with Gasteiger partial charge in [0, 0.05) is 41.6 Å². The Morgan fingerprint density at radius 3 is 2.77 bits per heavy atom. The number of fused-ring (bicyclic) bond motifs is 1. The summed E-state index contributed by atoms with van der Waals surface area (Å²) < 4.78 is 7.62. The predicted molar refractivity (Wildman–Crippen MR) is 124 cm³/mol. The quantitative estimate of drug-likeness (QED) is 0.436. The molecule has 0 aliphatic carbocycles. The van der Waals surface area contributed by atoms with Crippen molar-refractivity contribution in [3.63, 3.8) is 0 Å². The van der Waals surface area contributed by atoms with E-state index in [9.17, 15) is 4.79 Å². The molecule has 4 aromatic rings. The lowest BCUT2D eigenvalue weighted by Gasteiger charge is -2.24. The number of aryl methyl sites for hydroxylation is 1. The molecule has 6 nitrogen and oxygen atoms in total. The van der Waals surface area contributed by atoms with Gasteiger partial charge in [-0.05, 0) is 56.5 Å². The molecular formula is C24H24N4O2S. The van der Waals surface area contributed by atoms with Crippen LogP contribution in [0.1, 0.15) is 35.0 Å². The lowest BCUT2D eigenvalue weighted by molar-refractivity contribution is 0.0904. The van der Waals surface area contributed by atoms with E-state index in [0.717, 1.165) is 63.9 Å². The first kappa shape index (κ1) is 19.9. The van der Waals surface area contributed by atoms with E-state index in [4.69, 9.17) is 4.74 Å². The van der Waals surface area contributed by atoms with Gasteiger partial charge in [-0.3, -0.25) is 4.79 Å². The summed E-state index contributed by atoms with van der Waals surface area (Å²) in [7, 11) is 0. The first-order valence-electron chi connectivity index (χ1n) is 10.5. The normalized spacial score (nSPS) is 14.8. The fourth-order valence-electron chi connectivity index (χ4n) is 4.04. The highest BCUT2D eigenvalue weighted by Crippen LogP contribution is 2.39. The summed E-state index contributed by atoms with van der Waals surface area (Å²) in [4.78, 5) is 23.0. The molecule has 0 amide bonds. The van der Waals surface area contributed by atoms with E-state index in [1.54, 1.807) is 13.3 Å². The van der Waals surface area contributed by atoms with Crippen LogP contribution < -0.4 is 5.32 Å². The average molecular weight is 433 g/mol. The first-order chi connectivity index (χ1) is 15.1. The van der Waals surface area contributed by atoms with Crippen molar-refractivity contribution < 1.29 is 9.53 Å². The number of carbonyl (C=O) groups is 1. The summed E-state index contributed by atoms with van der Waals surface area (Å²) in [5, 5.41) is 4.61. The molecule has 1 N–H and O–H groups in total. The van der Waals surface area contributed by atoms with Crippen molar-refractivity contribution in [1.82, 2.24) is 14.5 Å². The second-order valence-corrected chi connectivity index (χ2v) is 9.01. The minimum atomic E-state index is 0.0791. The molecule has 158 valence electrons. The van der Waals surface area contributed by atoms with Gasteiger partial charge in [0.05, 0.1) is 10.3 Å². The van der Waals surface area contributed by atoms with Gasteiger partial charge in [-0.2, -0.15) is 0 Å². The zero-order valence-corrected chi connectivity index (χ0v) is 18.4. The van der Waals surface area contributed by atoms with Crippen LogP contribution in [-0.4, -0.2) is 39.6 Å². The predicted octanol–water partition coefficient (Wildman–Crippen LogP) is 5.25. The van der Waals surface area contributed by atoms with Gasteiger partial charge in [0.25, 0.3) is 0 Å². The van der Waals surface area contributed by atoms with E-state index in [2.05, 4.69) is 57.2 Å². The third-order valence-electron chi connectivity index (χ3n) is 5.64. The van der Waals surface area contributed by atoms with Crippen molar-refractivity contribution in [2.45, 2.75) is 32.7 Å². The Hall–Kier alpha value is -3.03. The molecule has 1 aliphatic rings. The van der Waals surface area contributed by atoms with Gasteiger partial charge in [-0.25, -0.2) is 9.97 Å². The molecule has 1 saturated heterocycles. The number of nitrogens with zero attached hydrogens (tertiary/aromatic N) is 3. The zero-order valence-electron chi connectivity index (χ0n) is 17.6. The van der Waals surface area contributed by atoms with Crippen molar-refractivity contribution >= 4 is 34.0 Å². The number of Topliss-reactive ketones (excluding diaryl/α,β-unsaturated/α-hetero) is 1. The number of thiophene rings is 1. The molecule has 1 aliphatic heterocycles. The molecule has 0 spiro atoms. The summed E-state index contributed by atoms with van der Waals surface area (Å²) in [6.07, 6.45) is 5.63. The maximum Gasteiger partial charge on any atom is 0.169 e. The van der Waals surface area contributed by atoms with Gasteiger partial charge >= 0.3 is 0 Å². The molecule has 4 heterocycles. The van der Waals surface area contributed by atoms with E-state index < -0.39 is 0 Å². The van der Waals surface area contributed by atoms with E-state index in [1.165, 1.54) is 16.9 Å². The molecule has 5 rings (SSSR count). The number of aromatic nitrogens is 3. The number of anilines is 1. The molecule has 0 saturated carbocycles. The molecule has 1 aromatic carbocycles. The monoisotopic (exact) mass is 432 g/mol. The van der Waals surface area contributed by atoms with E-state index >= 15 is 0 Å². The van der Waals surface area contributed by atoms with Crippen molar-refractivity contribution in [3.05, 3.63) is 59.4 Å². The molecule has 7 heteroatoms. The first-order valence-corrected chi connectivity index (χ1v) is 11.3.